The number of hydrogen-bond acceptors (Lipinski definition) is 8. The normalized spacial score (nSPS) is 22.1. The van der Waals surface area contributed by atoms with Crippen LogP contribution in [0.3, 0.4) is 0 Å². The average Bonchev–Trinajstić information content (AvgIpc) is 3.66. The molecular formula is C32H35FN6O3. The molecule has 0 spiro atoms. The maximum absolute atomic E-state index is 14.7. The zero-order valence-corrected chi connectivity index (χ0v) is 23.8. The fourth-order valence-corrected chi connectivity index (χ4v) is 7.28. The van der Waals surface area contributed by atoms with Crippen LogP contribution >= 0.6 is 0 Å². The summed E-state index contributed by atoms with van der Waals surface area (Å²) in [5.74, 6) is 2.95. The second-order valence-electron chi connectivity index (χ2n) is 12.4. The topological polar surface area (TPSA) is 99.8 Å². The van der Waals surface area contributed by atoms with Crippen LogP contribution in [0.15, 0.2) is 30.6 Å². The summed E-state index contributed by atoms with van der Waals surface area (Å²) >= 11 is 0. The van der Waals surface area contributed by atoms with Crippen LogP contribution < -0.4 is 9.64 Å². The molecular weight excluding hydrogens is 535 g/mol. The Morgan fingerprint density at radius 3 is 2.64 bits per heavy atom. The number of β-amino-alcohol motifs (C(OH)–C–C–N with tert-alkyl or cyclic N) is 1. The predicted octanol–water partition coefficient (Wildman–Crippen LogP) is 4.21. The van der Waals surface area contributed by atoms with Gasteiger partial charge in [0.15, 0.2) is 11.2 Å². The number of benzene rings is 2. The number of aromatic nitrogens is 4. The number of imidazole rings is 1. The summed E-state index contributed by atoms with van der Waals surface area (Å²) in [6.07, 6.45) is 13.5. The van der Waals surface area contributed by atoms with Gasteiger partial charge in [0.25, 0.3) is 0 Å². The lowest BCUT2D eigenvalue weighted by Crippen LogP contribution is -2.47. The molecule has 0 bridgehead atoms. The molecule has 42 heavy (non-hydrogen) atoms. The van der Waals surface area contributed by atoms with Crippen molar-refractivity contribution in [2.45, 2.75) is 63.1 Å². The first-order chi connectivity index (χ1) is 20.2. The zero-order valence-electron chi connectivity index (χ0n) is 23.8. The van der Waals surface area contributed by atoms with Gasteiger partial charge in [-0.1, -0.05) is 12.0 Å². The second kappa shape index (κ2) is 10.1. The van der Waals surface area contributed by atoms with Crippen LogP contribution in [0.4, 0.5) is 10.3 Å². The van der Waals surface area contributed by atoms with E-state index in [4.69, 9.17) is 21.1 Å². The Balaban J connectivity index is 1.32. The van der Waals surface area contributed by atoms with Crippen molar-refractivity contribution in [2.24, 2.45) is 0 Å². The van der Waals surface area contributed by atoms with Crippen molar-refractivity contribution >= 4 is 27.9 Å². The maximum atomic E-state index is 14.7. The minimum atomic E-state index is -0.846. The van der Waals surface area contributed by atoms with Crippen molar-refractivity contribution in [2.75, 3.05) is 37.7 Å². The molecule has 0 radical (unpaired) electrons. The number of terminal acetylenes is 1. The van der Waals surface area contributed by atoms with Crippen LogP contribution in [0.2, 0.25) is 0 Å². The lowest BCUT2D eigenvalue weighted by atomic mass is 9.95. The van der Waals surface area contributed by atoms with Crippen LogP contribution in [0.5, 0.6) is 11.6 Å². The monoisotopic (exact) mass is 570 g/mol. The highest BCUT2D eigenvalue weighted by molar-refractivity contribution is 5.92. The molecule has 2 aromatic heterocycles. The summed E-state index contributed by atoms with van der Waals surface area (Å²) in [6.45, 7) is 5.94. The number of phenolic OH excluding ortho intramolecular Hbond substituents is 1. The third-order valence-corrected chi connectivity index (χ3v) is 9.28. The summed E-state index contributed by atoms with van der Waals surface area (Å²) in [4.78, 5) is 19.0. The lowest BCUT2D eigenvalue weighted by Gasteiger charge is -2.37. The number of halogens is 1. The molecule has 4 aromatic rings. The van der Waals surface area contributed by atoms with Gasteiger partial charge in [-0.15, -0.1) is 6.42 Å². The number of rotatable bonds is 6. The molecule has 9 nitrogen and oxygen atoms in total. The fraction of sp³-hybridized carbons (Fsp3) is 0.469. The van der Waals surface area contributed by atoms with E-state index in [2.05, 4.69) is 15.8 Å². The van der Waals surface area contributed by atoms with Gasteiger partial charge in [-0.25, -0.2) is 9.37 Å². The number of anilines is 1. The van der Waals surface area contributed by atoms with E-state index in [-0.39, 0.29) is 23.4 Å². The first-order valence-electron chi connectivity index (χ1n) is 14.7. The van der Waals surface area contributed by atoms with Gasteiger partial charge in [0.1, 0.15) is 18.2 Å². The number of piperidine rings is 1. The minimum Gasteiger partial charge on any atom is -0.508 e. The van der Waals surface area contributed by atoms with Crippen molar-refractivity contribution < 1.29 is 19.3 Å². The fourth-order valence-electron chi connectivity index (χ4n) is 7.28. The molecule has 3 aliphatic rings. The summed E-state index contributed by atoms with van der Waals surface area (Å²) in [6, 6.07) is 6.11. The Bertz CT molecular complexity index is 1720. The van der Waals surface area contributed by atoms with Gasteiger partial charge in [-0.05, 0) is 87.7 Å². The lowest BCUT2D eigenvalue weighted by molar-refractivity contribution is 0.0444. The van der Waals surface area contributed by atoms with Gasteiger partial charge in [0, 0.05) is 18.5 Å². The van der Waals surface area contributed by atoms with E-state index in [1.807, 2.05) is 16.4 Å². The molecule has 2 aromatic carbocycles. The molecule has 3 fully saturated rings. The maximum Gasteiger partial charge on any atom is 0.247 e. The van der Waals surface area contributed by atoms with E-state index < -0.39 is 11.4 Å². The highest BCUT2D eigenvalue weighted by atomic mass is 19.1. The molecule has 1 atom stereocenters. The minimum absolute atomic E-state index is 0.0327. The Morgan fingerprint density at radius 2 is 1.88 bits per heavy atom. The molecule has 3 aliphatic heterocycles. The SMILES string of the molecule is C#Cc1c(F)ccc2cc(O)cc(Cn3cnc4c(OCC56CCCN5CCC6)nc(N5CCCC(C)(O)C5)nc43)c12. The van der Waals surface area contributed by atoms with Gasteiger partial charge in [0.2, 0.25) is 11.8 Å². The van der Waals surface area contributed by atoms with Gasteiger partial charge >= 0.3 is 0 Å². The highest BCUT2D eigenvalue weighted by Gasteiger charge is 2.45. The number of ether oxygens (including phenoxy) is 1. The third-order valence-electron chi connectivity index (χ3n) is 9.28. The number of aromatic hydroxyl groups is 1. The zero-order chi connectivity index (χ0) is 29.1. The first-order valence-corrected chi connectivity index (χ1v) is 14.7. The number of hydrogen-bond donors (Lipinski definition) is 2. The van der Waals surface area contributed by atoms with Crippen LogP contribution in [0, 0.1) is 18.2 Å². The van der Waals surface area contributed by atoms with E-state index in [1.54, 1.807) is 24.5 Å². The Kier molecular flexibility index (Phi) is 6.48. The first kappa shape index (κ1) is 26.9. The molecule has 218 valence electrons. The molecule has 0 saturated carbocycles. The Hall–Kier alpha value is -3.94. The highest BCUT2D eigenvalue weighted by Crippen LogP contribution is 2.40. The molecule has 3 saturated heterocycles. The van der Waals surface area contributed by atoms with E-state index in [0.717, 1.165) is 38.9 Å². The van der Waals surface area contributed by atoms with E-state index in [1.165, 1.54) is 18.9 Å². The van der Waals surface area contributed by atoms with Crippen LogP contribution in [0.1, 0.15) is 56.6 Å². The molecule has 0 aliphatic carbocycles. The standard InChI is InChI=1S/C32H35FN6O3/c1-3-24-25(33)8-7-21-15-23(40)16-22(26(21)24)17-38-20-34-27-28(38)35-30(37-12-4-9-31(2,41)18-37)36-29(27)42-19-32-10-5-13-39(32)14-6-11-32/h1,7-8,15-16,20,40-41H,4-6,9-14,17-19H2,2H3. The molecule has 10 heteroatoms. The van der Waals surface area contributed by atoms with Crippen molar-refractivity contribution in [1.29, 1.82) is 0 Å². The largest absolute Gasteiger partial charge is 0.508 e. The van der Waals surface area contributed by atoms with Crippen molar-refractivity contribution in [3.8, 4) is 24.0 Å². The molecule has 2 N–H and O–H groups in total. The molecule has 0 amide bonds. The Morgan fingerprint density at radius 1 is 1.10 bits per heavy atom. The summed E-state index contributed by atoms with van der Waals surface area (Å²) in [7, 11) is 0. The number of fused-ring (bicyclic) bond motifs is 3. The van der Waals surface area contributed by atoms with Crippen LogP contribution in [-0.2, 0) is 6.54 Å². The van der Waals surface area contributed by atoms with Crippen molar-refractivity contribution in [1.82, 2.24) is 24.4 Å². The van der Waals surface area contributed by atoms with Gasteiger partial charge in [0.05, 0.1) is 29.6 Å². The smallest absolute Gasteiger partial charge is 0.247 e. The number of nitrogens with zero attached hydrogens (tertiary/aromatic N) is 6. The second-order valence-corrected chi connectivity index (χ2v) is 12.4. The van der Waals surface area contributed by atoms with Crippen LogP contribution in [0.25, 0.3) is 21.9 Å². The van der Waals surface area contributed by atoms with Gasteiger partial charge in [-0.3, -0.25) is 4.90 Å². The average molecular weight is 571 g/mol. The van der Waals surface area contributed by atoms with Gasteiger partial charge in [-0.2, -0.15) is 9.97 Å². The quantitative estimate of drug-likeness (QED) is 0.333. The van der Waals surface area contributed by atoms with Gasteiger partial charge < -0.3 is 24.4 Å². The number of phenols is 1. The molecule has 5 heterocycles. The van der Waals surface area contributed by atoms with Crippen molar-refractivity contribution in [3.05, 3.63) is 47.5 Å². The third kappa shape index (κ3) is 4.61. The van der Waals surface area contributed by atoms with Crippen molar-refractivity contribution in [3.63, 3.8) is 0 Å². The van der Waals surface area contributed by atoms with Crippen LogP contribution in [-0.4, -0.2) is 78.6 Å². The van der Waals surface area contributed by atoms with E-state index in [0.29, 0.717) is 58.9 Å². The number of aliphatic hydroxyl groups is 1. The summed E-state index contributed by atoms with van der Waals surface area (Å²) in [5.41, 5.74) is 1.08. The Labute approximate surface area is 244 Å². The summed E-state index contributed by atoms with van der Waals surface area (Å²) in [5, 5.41) is 22.5. The van der Waals surface area contributed by atoms with E-state index in [9.17, 15) is 14.6 Å². The molecule has 7 rings (SSSR count). The van der Waals surface area contributed by atoms with E-state index >= 15 is 0 Å². The predicted molar refractivity (Wildman–Crippen MR) is 158 cm³/mol. The summed E-state index contributed by atoms with van der Waals surface area (Å²) < 4.78 is 23.1. The molecule has 1 unspecified atom stereocenters.